The van der Waals surface area contributed by atoms with E-state index in [9.17, 15) is 4.79 Å². The van der Waals surface area contributed by atoms with Crippen LogP contribution in [0.15, 0.2) is 0 Å². The molecule has 0 bridgehead atoms. The third-order valence-electron chi connectivity index (χ3n) is 2.96. The SMILES string of the molecule is CCN(CC(C)C(=O)O)C(C)C(C)OC. The van der Waals surface area contributed by atoms with Crippen LogP contribution in [0, 0.1) is 5.92 Å². The van der Waals surface area contributed by atoms with Crippen molar-refractivity contribution < 1.29 is 14.6 Å². The molecule has 0 spiro atoms. The number of hydrogen-bond acceptors (Lipinski definition) is 3. The number of likely N-dealkylation sites (N-methyl/N-ethyl adjacent to an activating group) is 1. The standard InChI is InChI=1S/C11H23NO3/c1-6-12(7-8(2)11(13)14)9(3)10(4)15-5/h8-10H,6-7H2,1-5H3,(H,13,14). The van der Waals surface area contributed by atoms with E-state index in [1.165, 1.54) is 0 Å². The molecule has 0 saturated carbocycles. The van der Waals surface area contributed by atoms with Crippen molar-refractivity contribution in [2.24, 2.45) is 5.92 Å². The monoisotopic (exact) mass is 217 g/mol. The van der Waals surface area contributed by atoms with Gasteiger partial charge in [-0.3, -0.25) is 9.69 Å². The van der Waals surface area contributed by atoms with Gasteiger partial charge in [-0.2, -0.15) is 0 Å². The van der Waals surface area contributed by atoms with E-state index in [1.807, 2.05) is 13.8 Å². The first-order valence-electron chi connectivity index (χ1n) is 5.43. The van der Waals surface area contributed by atoms with Gasteiger partial charge < -0.3 is 9.84 Å². The molecular formula is C11H23NO3. The normalized spacial score (nSPS) is 17.5. The van der Waals surface area contributed by atoms with Crippen molar-refractivity contribution in [1.29, 1.82) is 0 Å². The number of ether oxygens (including phenoxy) is 1. The molecule has 4 heteroatoms. The quantitative estimate of drug-likeness (QED) is 0.701. The Balaban J connectivity index is 4.29. The summed E-state index contributed by atoms with van der Waals surface area (Å²) in [6, 6.07) is 0.238. The molecule has 3 unspecified atom stereocenters. The predicted octanol–water partition coefficient (Wildman–Crippen LogP) is 1.45. The molecule has 0 aliphatic rings. The number of carboxylic acid groups (broad SMARTS) is 1. The van der Waals surface area contributed by atoms with E-state index < -0.39 is 5.97 Å². The first kappa shape index (κ1) is 14.4. The first-order chi connectivity index (χ1) is 6.93. The molecule has 0 amide bonds. The average Bonchev–Trinajstić information content (AvgIpc) is 2.23. The zero-order valence-corrected chi connectivity index (χ0v) is 10.4. The number of aliphatic carboxylic acids is 1. The molecular weight excluding hydrogens is 194 g/mol. The molecule has 0 saturated heterocycles. The summed E-state index contributed by atoms with van der Waals surface area (Å²) in [4.78, 5) is 12.9. The molecule has 0 radical (unpaired) electrons. The van der Waals surface area contributed by atoms with E-state index in [1.54, 1.807) is 14.0 Å². The van der Waals surface area contributed by atoms with Gasteiger partial charge in [0.25, 0.3) is 0 Å². The first-order valence-corrected chi connectivity index (χ1v) is 5.43. The van der Waals surface area contributed by atoms with Crippen molar-refractivity contribution in [3.8, 4) is 0 Å². The van der Waals surface area contributed by atoms with Crippen LogP contribution >= 0.6 is 0 Å². The number of methoxy groups -OCH3 is 1. The van der Waals surface area contributed by atoms with Crippen molar-refractivity contribution in [3.63, 3.8) is 0 Å². The van der Waals surface area contributed by atoms with Crippen LogP contribution in [0.25, 0.3) is 0 Å². The van der Waals surface area contributed by atoms with Crippen LogP contribution in [0.5, 0.6) is 0 Å². The molecule has 0 aliphatic heterocycles. The van der Waals surface area contributed by atoms with Crippen molar-refractivity contribution in [3.05, 3.63) is 0 Å². The highest BCUT2D eigenvalue weighted by atomic mass is 16.5. The summed E-state index contributed by atoms with van der Waals surface area (Å²) in [5.41, 5.74) is 0. The van der Waals surface area contributed by atoms with Gasteiger partial charge in [-0.05, 0) is 20.4 Å². The van der Waals surface area contributed by atoms with E-state index in [-0.39, 0.29) is 18.1 Å². The van der Waals surface area contributed by atoms with Crippen LogP contribution in [-0.4, -0.2) is 48.3 Å². The lowest BCUT2D eigenvalue weighted by atomic mass is 10.1. The Morgan fingerprint density at radius 3 is 2.27 bits per heavy atom. The molecule has 0 heterocycles. The summed E-state index contributed by atoms with van der Waals surface area (Å²) in [5.74, 6) is -1.08. The maximum Gasteiger partial charge on any atom is 0.307 e. The molecule has 90 valence electrons. The fourth-order valence-corrected chi connectivity index (χ4v) is 1.51. The van der Waals surface area contributed by atoms with Gasteiger partial charge in [0.15, 0.2) is 0 Å². The highest BCUT2D eigenvalue weighted by Crippen LogP contribution is 2.10. The Morgan fingerprint density at radius 2 is 1.93 bits per heavy atom. The molecule has 0 aromatic heterocycles. The van der Waals surface area contributed by atoms with E-state index in [0.29, 0.717) is 6.54 Å². The number of hydrogen-bond donors (Lipinski definition) is 1. The smallest absolute Gasteiger partial charge is 0.307 e. The summed E-state index contributed by atoms with van der Waals surface area (Å²) in [5, 5.41) is 8.85. The zero-order chi connectivity index (χ0) is 12.0. The number of carbonyl (C=O) groups is 1. The van der Waals surface area contributed by atoms with Gasteiger partial charge in [0.1, 0.15) is 0 Å². The Hall–Kier alpha value is -0.610. The highest BCUT2D eigenvalue weighted by Gasteiger charge is 2.22. The molecule has 1 N–H and O–H groups in total. The molecule has 3 atom stereocenters. The van der Waals surface area contributed by atoms with Crippen LogP contribution in [0.1, 0.15) is 27.7 Å². The molecule has 0 aromatic rings. The van der Waals surface area contributed by atoms with Gasteiger partial charge in [-0.15, -0.1) is 0 Å². The Bertz CT molecular complexity index is 196. The third-order valence-corrected chi connectivity index (χ3v) is 2.96. The predicted molar refractivity (Wildman–Crippen MR) is 60.0 cm³/mol. The zero-order valence-electron chi connectivity index (χ0n) is 10.4. The van der Waals surface area contributed by atoms with Crippen molar-refractivity contribution in [2.75, 3.05) is 20.2 Å². The minimum absolute atomic E-state index is 0.117. The molecule has 15 heavy (non-hydrogen) atoms. The van der Waals surface area contributed by atoms with E-state index in [2.05, 4.69) is 11.8 Å². The second kappa shape index (κ2) is 6.80. The summed E-state index contributed by atoms with van der Waals surface area (Å²) in [6.07, 6.45) is 0.117. The lowest BCUT2D eigenvalue weighted by Gasteiger charge is -2.32. The van der Waals surface area contributed by atoms with Gasteiger partial charge >= 0.3 is 5.97 Å². The highest BCUT2D eigenvalue weighted by molar-refractivity contribution is 5.69. The van der Waals surface area contributed by atoms with Gasteiger partial charge in [-0.25, -0.2) is 0 Å². The summed E-state index contributed by atoms with van der Waals surface area (Å²) >= 11 is 0. The maximum atomic E-state index is 10.8. The molecule has 0 aromatic carbocycles. The number of rotatable bonds is 7. The van der Waals surface area contributed by atoms with Crippen LogP contribution in [0.2, 0.25) is 0 Å². The molecule has 0 aliphatic carbocycles. The van der Waals surface area contributed by atoms with Gasteiger partial charge in [0.2, 0.25) is 0 Å². The summed E-state index contributed by atoms with van der Waals surface area (Å²) in [7, 11) is 1.68. The summed E-state index contributed by atoms with van der Waals surface area (Å²) < 4.78 is 5.25. The van der Waals surface area contributed by atoms with E-state index in [0.717, 1.165) is 6.54 Å². The van der Waals surface area contributed by atoms with Crippen molar-refractivity contribution in [2.45, 2.75) is 39.8 Å². The molecule has 4 nitrogen and oxygen atoms in total. The van der Waals surface area contributed by atoms with Gasteiger partial charge in [-0.1, -0.05) is 13.8 Å². The number of nitrogens with zero attached hydrogens (tertiary/aromatic N) is 1. The fourth-order valence-electron chi connectivity index (χ4n) is 1.51. The lowest BCUT2D eigenvalue weighted by Crippen LogP contribution is -2.44. The minimum Gasteiger partial charge on any atom is -0.481 e. The fraction of sp³-hybridized carbons (Fsp3) is 0.909. The number of carboxylic acids is 1. The van der Waals surface area contributed by atoms with E-state index in [4.69, 9.17) is 9.84 Å². The van der Waals surface area contributed by atoms with Crippen molar-refractivity contribution >= 4 is 5.97 Å². The van der Waals surface area contributed by atoms with Crippen LogP contribution in [-0.2, 0) is 9.53 Å². The van der Waals surface area contributed by atoms with E-state index >= 15 is 0 Å². The average molecular weight is 217 g/mol. The molecule has 0 rings (SSSR count). The van der Waals surface area contributed by atoms with Crippen LogP contribution < -0.4 is 0 Å². The maximum absolute atomic E-state index is 10.8. The summed E-state index contributed by atoms with van der Waals surface area (Å²) in [6.45, 7) is 9.24. The largest absolute Gasteiger partial charge is 0.481 e. The lowest BCUT2D eigenvalue weighted by molar-refractivity contribution is -0.142. The Kier molecular flexibility index (Phi) is 6.52. The minimum atomic E-state index is -0.745. The Morgan fingerprint density at radius 1 is 1.40 bits per heavy atom. The Labute approximate surface area is 92.2 Å². The van der Waals surface area contributed by atoms with Crippen molar-refractivity contribution in [1.82, 2.24) is 4.90 Å². The van der Waals surface area contributed by atoms with Gasteiger partial charge in [0.05, 0.1) is 12.0 Å². The molecule has 0 fully saturated rings. The topological polar surface area (TPSA) is 49.8 Å². The van der Waals surface area contributed by atoms with Crippen LogP contribution in [0.4, 0.5) is 0 Å². The second-order valence-corrected chi connectivity index (χ2v) is 4.01. The van der Waals surface area contributed by atoms with Crippen LogP contribution in [0.3, 0.4) is 0 Å². The second-order valence-electron chi connectivity index (χ2n) is 4.01. The van der Waals surface area contributed by atoms with Gasteiger partial charge in [0, 0.05) is 19.7 Å². The third kappa shape index (κ3) is 4.62.